The molecule has 0 bridgehead atoms. The van der Waals surface area contributed by atoms with E-state index in [1.54, 1.807) is 18.3 Å². The summed E-state index contributed by atoms with van der Waals surface area (Å²) in [6.45, 7) is 3.86. The Labute approximate surface area is 122 Å². The quantitative estimate of drug-likeness (QED) is 0.646. The van der Waals surface area contributed by atoms with Crippen LogP contribution >= 0.6 is 0 Å². The average Bonchev–Trinajstić information content (AvgIpc) is 2.78. The van der Waals surface area contributed by atoms with Gasteiger partial charge in [-0.1, -0.05) is 23.8 Å². The minimum atomic E-state index is -0.477. The fourth-order valence-electron chi connectivity index (χ4n) is 2.63. The molecule has 2 aromatic carbocycles. The number of aromatic nitrogens is 1. The third kappa shape index (κ3) is 2.25. The lowest BCUT2D eigenvalue weighted by Gasteiger charge is -2.03. The zero-order chi connectivity index (χ0) is 15.1. The maximum absolute atomic E-state index is 13.9. The third-order valence-electron chi connectivity index (χ3n) is 3.76. The number of benzene rings is 2. The summed E-state index contributed by atoms with van der Waals surface area (Å²) >= 11 is 0. The van der Waals surface area contributed by atoms with Crippen molar-refractivity contribution in [1.29, 1.82) is 0 Å². The van der Waals surface area contributed by atoms with Crippen LogP contribution in [-0.4, -0.2) is 10.4 Å². The smallest absolute Gasteiger partial charge is 0.198 e. The Kier molecular flexibility index (Phi) is 3.13. The molecule has 3 heteroatoms. The van der Waals surface area contributed by atoms with Gasteiger partial charge in [0.2, 0.25) is 0 Å². The third-order valence-corrected chi connectivity index (χ3v) is 3.76. The Balaban J connectivity index is 2.21. The second-order valence-electron chi connectivity index (χ2n) is 5.49. The van der Waals surface area contributed by atoms with Crippen molar-refractivity contribution in [3.8, 4) is 0 Å². The van der Waals surface area contributed by atoms with Crippen LogP contribution in [0.1, 0.15) is 27.0 Å². The van der Waals surface area contributed by atoms with E-state index in [1.165, 1.54) is 6.07 Å². The highest BCUT2D eigenvalue weighted by molar-refractivity contribution is 6.16. The van der Waals surface area contributed by atoms with Crippen LogP contribution in [0.25, 0.3) is 10.9 Å². The average molecular weight is 281 g/mol. The molecule has 0 amide bonds. The number of carbonyl (C=O) groups is 1. The van der Waals surface area contributed by atoms with Gasteiger partial charge in [0.15, 0.2) is 5.78 Å². The number of hydrogen-bond acceptors (Lipinski definition) is 1. The summed E-state index contributed by atoms with van der Waals surface area (Å²) in [5.41, 5.74) is 3.65. The monoisotopic (exact) mass is 281 g/mol. The molecule has 0 spiro atoms. The normalized spacial score (nSPS) is 11.0. The summed E-state index contributed by atoms with van der Waals surface area (Å²) in [5.74, 6) is -0.750. The van der Waals surface area contributed by atoms with Gasteiger partial charge in [-0.15, -0.1) is 0 Å². The topological polar surface area (TPSA) is 22.0 Å². The van der Waals surface area contributed by atoms with Gasteiger partial charge in [-0.3, -0.25) is 4.79 Å². The van der Waals surface area contributed by atoms with E-state index in [-0.39, 0.29) is 11.3 Å². The van der Waals surface area contributed by atoms with Crippen molar-refractivity contribution >= 4 is 16.7 Å². The zero-order valence-electron chi connectivity index (χ0n) is 12.3. The number of nitrogens with zero attached hydrogens (tertiary/aromatic N) is 1. The summed E-state index contributed by atoms with van der Waals surface area (Å²) in [6.07, 6.45) is 1.77. The van der Waals surface area contributed by atoms with Gasteiger partial charge in [-0.25, -0.2) is 4.39 Å². The van der Waals surface area contributed by atoms with Crippen molar-refractivity contribution in [2.45, 2.75) is 13.8 Å². The Hall–Kier alpha value is -2.42. The summed E-state index contributed by atoms with van der Waals surface area (Å²) in [7, 11) is 1.89. The number of carbonyl (C=O) groups excluding carboxylic acids is 1. The first-order valence-corrected chi connectivity index (χ1v) is 6.84. The predicted octanol–water partition coefficient (Wildman–Crippen LogP) is 4.17. The van der Waals surface area contributed by atoms with E-state index < -0.39 is 5.82 Å². The minimum absolute atomic E-state index is 0.128. The summed E-state index contributed by atoms with van der Waals surface area (Å²) in [6, 6.07) is 10.5. The fraction of sp³-hybridized carbons (Fsp3) is 0.167. The molecular weight excluding hydrogens is 265 g/mol. The molecule has 1 heterocycles. The SMILES string of the molecule is Cc1ccc(F)c(C(=O)c2cn(C)c3cc(C)ccc23)c1. The van der Waals surface area contributed by atoms with Crippen molar-refractivity contribution in [3.63, 3.8) is 0 Å². The van der Waals surface area contributed by atoms with E-state index in [1.807, 2.05) is 43.7 Å². The van der Waals surface area contributed by atoms with Crippen LogP contribution in [0.2, 0.25) is 0 Å². The lowest BCUT2D eigenvalue weighted by molar-refractivity contribution is 0.103. The van der Waals surface area contributed by atoms with Crippen LogP contribution in [0.3, 0.4) is 0 Å². The van der Waals surface area contributed by atoms with Crippen LogP contribution in [0.4, 0.5) is 4.39 Å². The fourth-order valence-corrected chi connectivity index (χ4v) is 2.63. The first-order valence-electron chi connectivity index (χ1n) is 6.84. The van der Waals surface area contributed by atoms with Crippen molar-refractivity contribution in [3.05, 3.63) is 70.7 Å². The van der Waals surface area contributed by atoms with Crippen LogP contribution in [0, 0.1) is 19.7 Å². The zero-order valence-corrected chi connectivity index (χ0v) is 12.3. The van der Waals surface area contributed by atoms with Gasteiger partial charge in [0.1, 0.15) is 5.82 Å². The van der Waals surface area contributed by atoms with E-state index in [9.17, 15) is 9.18 Å². The van der Waals surface area contributed by atoms with Gasteiger partial charge in [-0.2, -0.15) is 0 Å². The number of hydrogen-bond donors (Lipinski definition) is 0. The molecule has 21 heavy (non-hydrogen) atoms. The van der Waals surface area contributed by atoms with Gasteiger partial charge in [0.25, 0.3) is 0 Å². The summed E-state index contributed by atoms with van der Waals surface area (Å²) in [5, 5.41) is 0.856. The van der Waals surface area contributed by atoms with E-state index in [0.29, 0.717) is 5.56 Å². The Morgan fingerprint density at radius 1 is 1.00 bits per heavy atom. The highest BCUT2D eigenvalue weighted by atomic mass is 19.1. The van der Waals surface area contributed by atoms with E-state index in [4.69, 9.17) is 0 Å². The van der Waals surface area contributed by atoms with E-state index >= 15 is 0 Å². The first kappa shape index (κ1) is 13.6. The molecule has 0 fully saturated rings. The number of rotatable bonds is 2. The highest BCUT2D eigenvalue weighted by Crippen LogP contribution is 2.25. The predicted molar refractivity (Wildman–Crippen MR) is 82.2 cm³/mol. The molecule has 1 aromatic heterocycles. The van der Waals surface area contributed by atoms with Crippen LogP contribution in [0.5, 0.6) is 0 Å². The van der Waals surface area contributed by atoms with Gasteiger partial charge in [0, 0.05) is 29.7 Å². The molecule has 2 nitrogen and oxygen atoms in total. The Bertz CT molecular complexity index is 861. The Morgan fingerprint density at radius 2 is 1.67 bits per heavy atom. The van der Waals surface area contributed by atoms with Crippen LogP contribution in [-0.2, 0) is 7.05 Å². The molecule has 0 radical (unpaired) electrons. The van der Waals surface area contributed by atoms with Crippen molar-refractivity contribution in [2.75, 3.05) is 0 Å². The second-order valence-corrected chi connectivity index (χ2v) is 5.49. The van der Waals surface area contributed by atoms with Crippen molar-refractivity contribution < 1.29 is 9.18 Å². The maximum atomic E-state index is 13.9. The summed E-state index contributed by atoms with van der Waals surface area (Å²) in [4.78, 5) is 12.7. The van der Waals surface area contributed by atoms with Crippen LogP contribution in [0.15, 0.2) is 42.6 Å². The van der Waals surface area contributed by atoms with E-state index in [2.05, 4.69) is 0 Å². The number of halogens is 1. The molecule has 106 valence electrons. The molecular formula is C18H16FNO. The minimum Gasteiger partial charge on any atom is -0.350 e. The van der Waals surface area contributed by atoms with Crippen molar-refractivity contribution in [2.24, 2.45) is 7.05 Å². The molecule has 0 saturated heterocycles. The number of ketones is 1. The Morgan fingerprint density at radius 3 is 2.43 bits per heavy atom. The van der Waals surface area contributed by atoms with Gasteiger partial charge in [0.05, 0.1) is 5.56 Å². The molecule has 0 saturated carbocycles. The number of fused-ring (bicyclic) bond motifs is 1. The standard InChI is InChI=1S/C18H16FNO/c1-11-5-7-16(19)14(8-11)18(21)15-10-20(3)17-9-12(2)4-6-13(15)17/h4-10H,1-3H3. The molecule has 0 atom stereocenters. The maximum Gasteiger partial charge on any atom is 0.198 e. The molecule has 0 N–H and O–H groups in total. The first-order chi connectivity index (χ1) is 9.97. The van der Waals surface area contributed by atoms with Crippen LogP contribution < -0.4 is 0 Å². The highest BCUT2D eigenvalue weighted by Gasteiger charge is 2.19. The lowest BCUT2D eigenvalue weighted by atomic mass is 10.00. The molecule has 3 aromatic rings. The summed E-state index contributed by atoms with van der Waals surface area (Å²) < 4.78 is 15.9. The number of aryl methyl sites for hydroxylation is 3. The van der Waals surface area contributed by atoms with Crippen molar-refractivity contribution in [1.82, 2.24) is 4.57 Å². The lowest BCUT2D eigenvalue weighted by Crippen LogP contribution is -2.04. The largest absolute Gasteiger partial charge is 0.350 e. The molecule has 0 unspecified atom stereocenters. The molecule has 0 aliphatic carbocycles. The molecule has 0 aliphatic rings. The van der Waals surface area contributed by atoms with Gasteiger partial charge < -0.3 is 4.57 Å². The van der Waals surface area contributed by atoms with E-state index in [0.717, 1.165) is 22.0 Å². The second kappa shape index (κ2) is 4.85. The van der Waals surface area contributed by atoms with Gasteiger partial charge in [-0.05, 0) is 37.6 Å². The van der Waals surface area contributed by atoms with Gasteiger partial charge >= 0.3 is 0 Å². The molecule has 0 aliphatic heterocycles. The molecule has 3 rings (SSSR count).